The number of aliphatic carboxylic acids is 2. The number of benzene rings is 1. The minimum absolute atomic E-state index is 0.262. The van der Waals surface area contributed by atoms with Crippen LogP contribution in [0.5, 0.6) is 0 Å². The SMILES string of the molecule is COCCCNCc1c(F)cccc1Cl.O=C(O)C(=O)O. The molecule has 0 atom stereocenters. The monoisotopic (exact) mass is 321 g/mol. The summed E-state index contributed by atoms with van der Waals surface area (Å²) in [6.07, 6.45) is 0.905. The number of nitrogens with one attached hydrogen (secondary N) is 1. The smallest absolute Gasteiger partial charge is 0.414 e. The van der Waals surface area contributed by atoms with Crippen molar-refractivity contribution in [3.63, 3.8) is 0 Å². The van der Waals surface area contributed by atoms with Gasteiger partial charge in [0.2, 0.25) is 0 Å². The molecule has 0 fully saturated rings. The van der Waals surface area contributed by atoms with Gasteiger partial charge < -0.3 is 20.3 Å². The lowest BCUT2D eigenvalue weighted by molar-refractivity contribution is -0.159. The molecule has 0 aromatic heterocycles. The number of hydrogen-bond acceptors (Lipinski definition) is 4. The number of carboxylic acid groups (broad SMARTS) is 2. The zero-order valence-electron chi connectivity index (χ0n) is 11.4. The minimum Gasteiger partial charge on any atom is -0.473 e. The molecule has 1 rings (SSSR count). The number of rotatable bonds is 6. The van der Waals surface area contributed by atoms with E-state index in [2.05, 4.69) is 5.32 Å². The van der Waals surface area contributed by atoms with Crippen molar-refractivity contribution in [3.05, 3.63) is 34.6 Å². The van der Waals surface area contributed by atoms with Crippen molar-refractivity contribution in [2.24, 2.45) is 0 Å². The van der Waals surface area contributed by atoms with Crippen molar-refractivity contribution < 1.29 is 28.9 Å². The molecule has 0 unspecified atom stereocenters. The zero-order chi connectivity index (χ0) is 16.3. The Balaban J connectivity index is 0.000000567. The first-order chi connectivity index (χ1) is 9.90. The lowest BCUT2D eigenvalue weighted by Gasteiger charge is -2.07. The van der Waals surface area contributed by atoms with E-state index >= 15 is 0 Å². The molecule has 8 heteroatoms. The van der Waals surface area contributed by atoms with Gasteiger partial charge in [-0.3, -0.25) is 0 Å². The predicted molar refractivity (Wildman–Crippen MR) is 74.9 cm³/mol. The highest BCUT2D eigenvalue weighted by molar-refractivity contribution is 6.31. The third-order valence-corrected chi connectivity index (χ3v) is 2.60. The summed E-state index contributed by atoms with van der Waals surface area (Å²) in [5.41, 5.74) is 0.525. The first-order valence-corrected chi connectivity index (χ1v) is 6.36. The molecule has 0 heterocycles. The summed E-state index contributed by atoms with van der Waals surface area (Å²) in [7, 11) is 1.66. The van der Waals surface area contributed by atoms with Crippen LogP contribution < -0.4 is 5.32 Å². The Morgan fingerprint density at radius 3 is 2.43 bits per heavy atom. The largest absolute Gasteiger partial charge is 0.473 e. The highest BCUT2D eigenvalue weighted by atomic mass is 35.5. The van der Waals surface area contributed by atoms with Gasteiger partial charge in [-0.1, -0.05) is 17.7 Å². The fraction of sp³-hybridized carbons (Fsp3) is 0.385. The number of hydrogen-bond donors (Lipinski definition) is 3. The van der Waals surface area contributed by atoms with Crippen LogP contribution in [-0.2, 0) is 20.9 Å². The maximum absolute atomic E-state index is 13.3. The van der Waals surface area contributed by atoms with Crippen molar-refractivity contribution in [2.45, 2.75) is 13.0 Å². The maximum Gasteiger partial charge on any atom is 0.414 e. The Labute approximate surface area is 126 Å². The van der Waals surface area contributed by atoms with Gasteiger partial charge in [0.25, 0.3) is 0 Å². The van der Waals surface area contributed by atoms with Gasteiger partial charge in [0.05, 0.1) is 0 Å². The molecule has 118 valence electrons. The Kier molecular flexibility index (Phi) is 10.1. The first kappa shape index (κ1) is 19.3. The van der Waals surface area contributed by atoms with E-state index in [0.29, 0.717) is 23.7 Å². The Bertz CT molecular complexity index is 438. The molecule has 0 bridgehead atoms. The second-order valence-corrected chi connectivity index (χ2v) is 4.24. The third kappa shape index (κ3) is 8.96. The Morgan fingerprint density at radius 2 is 1.95 bits per heavy atom. The topological polar surface area (TPSA) is 95.9 Å². The lowest BCUT2D eigenvalue weighted by Crippen LogP contribution is -2.17. The van der Waals surface area contributed by atoms with E-state index in [1.54, 1.807) is 19.2 Å². The number of ether oxygens (including phenoxy) is 1. The maximum atomic E-state index is 13.3. The van der Waals surface area contributed by atoms with Crippen molar-refractivity contribution in [1.29, 1.82) is 0 Å². The summed E-state index contributed by atoms with van der Waals surface area (Å²) >= 11 is 5.86. The summed E-state index contributed by atoms with van der Waals surface area (Å²) in [5, 5.41) is 18.4. The molecule has 21 heavy (non-hydrogen) atoms. The van der Waals surface area contributed by atoms with Gasteiger partial charge in [-0.15, -0.1) is 0 Å². The van der Waals surface area contributed by atoms with E-state index in [4.69, 9.17) is 36.1 Å². The van der Waals surface area contributed by atoms with Crippen molar-refractivity contribution in [1.82, 2.24) is 5.32 Å². The van der Waals surface area contributed by atoms with Gasteiger partial charge in [0.15, 0.2) is 0 Å². The number of methoxy groups -OCH3 is 1. The second kappa shape index (κ2) is 11.0. The van der Waals surface area contributed by atoms with Crippen LogP contribution in [0.2, 0.25) is 5.02 Å². The van der Waals surface area contributed by atoms with Gasteiger partial charge in [-0.2, -0.15) is 0 Å². The molecule has 3 N–H and O–H groups in total. The minimum atomic E-state index is -1.82. The van der Waals surface area contributed by atoms with Crippen LogP contribution in [-0.4, -0.2) is 42.4 Å². The normalized spacial score (nSPS) is 9.67. The standard InChI is InChI=1S/C11H15ClFNO.C2H2O4/c1-15-7-3-6-14-8-9-10(12)4-2-5-11(9)13;3-1(4)2(5)6/h2,4-5,14H,3,6-8H2,1H3;(H,3,4)(H,5,6). The van der Waals surface area contributed by atoms with E-state index in [1.165, 1.54) is 6.07 Å². The molecule has 0 amide bonds. The van der Waals surface area contributed by atoms with Crippen molar-refractivity contribution in [2.75, 3.05) is 20.3 Å². The number of carbonyl (C=O) groups is 2. The molecule has 1 aromatic rings. The number of carboxylic acids is 2. The fourth-order valence-corrected chi connectivity index (χ4v) is 1.49. The summed E-state index contributed by atoms with van der Waals surface area (Å²) in [4.78, 5) is 18.2. The average molecular weight is 322 g/mol. The predicted octanol–water partition coefficient (Wildman–Crippen LogP) is 1.76. The van der Waals surface area contributed by atoms with Gasteiger partial charge >= 0.3 is 11.9 Å². The number of halogens is 2. The highest BCUT2D eigenvalue weighted by Gasteiger charge is 2.05. The van der Waals surface area contributed by atoms with Crippen LogP contribution in [0.1, 0.15) is 12.0 Å². The zero-order valence-corrected chi connectivity index (χ0v) is 12.2. The van der Waals surface area contributed by atoms with Crippen LogP contribution in [0, 0.1) is 5.82 Å². The molecule has 0 radical (unpaired) electrons. The van der Waals surface area contributed by atoms with E-state index in [-0.39, 0.29) is 5.82 Å². The second-order valence-electron chi connectivity index (χ2n) is 3.83. The van der Waals surface area contributed by atoms with E-state index < -0.39 is 11.9 Å². The van der Waals surface area contributed by atoms with Crippen LogP contribution in [0.4, 0.5) is 4.39 Å². The van der Waals surface area contributed by atoms with E-state index in [1.807, 2.05) is 0 Å². The fourth-order valence-electron chi connectivity index (χ4n) is 1.26. The lowest BCUT2D eigenvalue weighted by atomic mass is 10.2. The van der Waals surface area contributed by atoms with Crippen LogP contribution in [0.15, 0.2) is 18.2 Å². The molecule has 0 saturated carbocycles. The summed E-state index contributed by atoms with van der Waals surface area (Å²) in [6.45, 7) is 1.95. The molecule has 0 aliphatic heterocycles. The van der Waals surface area contributed by atoms with E-state index in [0.717, 1.165) is 13.0 Å². The molecule has 1 aromatic carbocycles. The molecule has 0 saturated heterocycles. The van der Waals surface area contributed by atoms with E-state index in [9.17, 15) is 4.39 Å². The molecular weight excluding hydrogens is 305 g/mol. The quantitative estimate of drug-likeness (QED) is 0.546. The first-order valence-electron chi connectivity index (χ1n) is 5.99. The van der Waals surface area contributed by atoms with Crippen LogP contribution >= 0.6 is 11.6 Å². The molecular formula is C13H17ClFNO5. The highest BCUT2D eigenvalue weighted by Crippen LogP contribution is 2.18. The third-order valence-electron chi connectivity index (χ3n) is 2.25. The summed E-state index contributed by atoms with van der Waals surface area (Å²) < 4.78 is 18.2. The van der Waals surface area contributed by atoms with Gasteiger partial charge in [-0.25, -0.2) is 14.0 Å². The van der Waals surface area contributed by atoms with Gasteiger partial charge in [0, 0.05) is 30.8 Å². The average Bonchev–Trinajstić information content (AvgIpc) is 2.42. The van der Waals surface area contributed by atoms with Crippen molar-refractivity contribution in [3.8, 4) is 0 Å². The van der Waals surface area contributed by atoms with Gasteiger partial charge in [0.1, 0.15) is 5.82 Å². The summed E-state index contributed by atoms with van der Waals surface area (Å²) in [5.74, 6) is -3.91. The molecule has 0 aliphatic rings. The Hall–Kier alpha value is -1.70. The van der Waals surface area contributed by atoms with Crippen molar-refractivity contribution >= 4 is 23.5 Å². The Morgan fingerprint density at radius 1 is 1.33 bits per heavy atom. The molecule has 0 aliphatic carbocycles. The van der Waals surface area contributed by atoms with Gasteiger partial charge in [-0.05, 0) is 25.1 Å². The van der Waals surface area contributed by atoms with Crippen LogP contribution in [0.25, 0.3) is 0 Å². The summed E-state index contributed by atoms with van der Waals surface area (Å²) in [6, 6.07) is 4.71. The molecule has 0 spiro atoms. The van der Waals surface area contributed by atoms with Crippen LogP contribution in [0.3, 0.4) is 0 Å². The molecule has 6 nitrogen and oxygen atoms in total.